The lowest BCUT2D eigenvalue weighted by molar-refractivity contribution is 0.0733. The molecule has 2 aromatic rings. The van der Waals surface area contributed by atoms with Gasteiger partial charge in [-0.1, -0.05) is 0 Å². The van der Waals surface area contributed by atoms with Gasteiger partial charge in [0.25, 0.3) is 5.91 Å². The van der Waals surface area contributed by atoms with Crippen molar-refractivity contribution in [3.05, 3.63) is 41.2 Å². The summed E-state index contributed by atoms with van der Waals surface area (Å²) in [7, 11) is 3.25. The van der Waals surface area contributed by atoms with Crippen molar-refractivity contribution in [2.24, 2.45) is 0 Å². The predicted molar refractivity (Wildman–Crippen MR) is 104 cm³/mol. The predicted octanol–water partition coefficient (Wildman–Crippen LogP) is 2.54. The van der Waals surface area contributed by atoms with E-state index in [2.05, 4.69) is 23.8 Å². The third-order valence-corrected chi connectivity index (χ3v) is 4.94. The Morgan fingerprint density at radius 1 is 1.07 bits per heavy atom. The molecule has 0 N–H and O–H groups in total. The molecule has 0 unspecified atom stereocenters. The second-order valence-electron chi connectivity index (χ2n) is 6.40. The number of carbonyl (C=O) groups is 1. The maximum Gasteiger partial charge on any atom is 0.257 e. The van der Waals surface area contributed by atoms with E-state index in [1.807, 2.05) is 21.9 Å². The van der Waals surface area contributed by atoms with E-state index >= 15 is 0 Å². The molecule has 0 aliphatic carbocycles. The molecule has 1 aliphatic heterocycles. The lowest BCUT2D eigenvalue weighted by atomic mass is 9.98. The largest absolute Gasteiger partial charge is 0.493 e. The minimum Gasteiger partial charge on any atom is -0.493 e. The van der Waals surface area contributed by atoms with Crippen molar-refractivity contribution in [3.8, 4) is 11.5 Å². The molecule has 144 valence electrons. The Balaban J connectivity index is 1.77. The Bertz CT molecular complexity index is 804. The zero-order valence-electron chi connectivity index (χ0n) is 16.4. The van der Waals surface area contributed by atoms with Crippen LogP contribution in [0, 0.1) is 0 Å². The molecule has 0 spiro atoms. The highest BCUT2D eigenvalue weighted by atomic mass is 16.5. The molecule has 0 bridgehead atoms. The SMILES string of the molecule is CCN(CC)c1ncc(C(=O)N2CCc3cc(OC)c(OC)cc3C2)cn1. The third kappa shape index (κ3) is 3.82. The first-order valence-electron chi connectivity index (χ1n) is 9.21. The van der Waals surface area contributed by atoms with Gasteiger partial charge in [0.2, 0.25) is 5.95 Å². The van der Waals surface area contributed by atoms with Crippen molar-refractivity contribution in [2.45, 2.75) is 26.8 Å². The van der Waals surface area contributed by atoms with Gasteiger partial charge in [0, 0.05) is 38.6 Å². The van der Waals surface area contributed by atoms with Gasteiger partial charge in [0.1, 0.15) is 0 Å². The fourth-order valence-corrected chi connectivity index (χ4v) is 3.34. The molecule has 0 atom stereocenters. The highest BCUT2D eigenvalue weighted by Gasteiger charge is 2.24. The van der Waals surface area contributed by atoms with Crippen LogP contribution >= 0.6 is 0 Å². The molecule has 27 heavy (non-hydrogen) atoms. The van der Waals surface area contributed by atoms with Gasteiger partial charge in [0.15, 0.2) is 11.5 Å². The zero-order chi connectivity index (χ0) is 19.4. The Hall–Kier alpha value is -2.83. The normalized spacial score (nSPS) is 13.1. The van der Waals surface area contributed by atoms with Gasteiger partial charge in [-0.25, -0.2) is 9.97 Å². The number of amides is 1. The maximum absolute atomic E-state index is 12.9. The summed E-state index contributed by atoms with van der Waals surface area (Å²) in [5.41, 5.74) is 2.77. The number of anilines is 1. The van der Waals surface area contributed by atoms with E-state index in [9.17, 15) is 4.79 Å². The first kappa shape index (κ1) is 18.9. The molecule has 1 aliphatic rings. The number of rotatable bonds is 6. The second-order valence-corrected chi connectivity index (χ2v) is 6.40. The second kappa shape index (κ2) is 8.24. The molecule has 7 heteroatoms. The summed E-state index contributed by atoms with van der Waals surface area (Å²) in [4.78, 5) is 25.5. The summed E-state index contributed by atoms with van der Waals surface area (Å²) in [5, 5.41) is 0. The van der Waals surface area contributed by atoms with E-state index in [0.29, 0.717) is 30.4 Å². The summed E-state index contributed by atoms with van der Waals surface area (Å²) >= 11 is 0. The summed E-state index contributed by atoms with van der Waals surface area (Å²) in [6, 6.07) is 3.95. The molecule has 2 heterocycles. The number of aromatic nitrogens is 2. The van der Waals surface area contributed by atoms with Crippen LogP contribution in [0.1, 0.15) is 35.3 Å². The number of fused-ring (bicyclic) bond motifs is 1. The van der Waals surface area contributed by atoms with Gasteiger partial charge in [-0.15, -0.1) is 0 Å². The van der Waals surface area contributed by atoms with E-state index in [4.69, 9.17) is 9.47 Å². The fourth-order valence-electron chi connectivity index (χ4n) is 3.34. The number of carbonyl (C=O) groups excluding carboxylic acids is 1. The molecule has 3 rings (SSSR count). The number of hydrogen-bond donors (Lipinski definition) is 0. The number of ether oxygens (including phenoxy) is 2. The molecule has 0 saturated carbocycles. The van der Waals surface area contributed by atoms with Gasteiger partial charge >= 0.3 is 0 Å². The quantitative estimate of drug-likeness (QED) is 0.778. The Morgan fingerprint density at radius 3 is 2.22 bits per heavy atom. The van der Waals surface area contributed by atoms with Crippen molar-refractivity contribution >= 4 is 11.9 Å². The van der Waals surface area contributed by atoms with E-state index in [1.165, 1.54) is 5.56 Å². The van der Waals surface area contributed by atoms with Crippen LogP contribution < -0.4 is 14.4 Å². The van der Waals surface area contributed by atoms with Crippen LogP contribution in [-0.2, 0) is 13.0 Å². The first-order chi connectivity index (χ1) is 13.1. The van der Waals surface area contributed by atoms with Gasteiger partial charge in [-0.3, -0.25) is 4.79 Å². The minimum absolute atomic E-state index is 0.0541. The fraction of sp³-hybridized carbons (Fsp3) is 0.450. The standard InChI is InChI=1S/C20H26N4O3/c1-5-23(6-2)20-21-11-16(12-22-20)19(25)24-8-7-14-9-17(26-3)18(27-4)10-15(14)13-24/h9-12H,5-8,13H2,1-4H3. The average molecular weight is 370 g/mol. The highest BCUT2D eigenvalue weighted by Crippen LogP contribution is 2.33. The van der Waals surface area contributed by atoms with Gasteiger partial charge in [-0.2, -0.15) is 0 Å². The molecule has 1 aromatic heterocycles. The molecule has 1 aromatic carbocycles. The van der Waals surface area contributed by atoms with Crippen molar-refractivity contribution in [3.63, 3.8) is 0 Å². The van der Waals surface area contributed by atoms with Crippen molar-refractivity contribution in [1.29, 1.82) is 0 Å². The van der Waals surface area contributed by atoms with Crippen LogP contribution in [0.4, 0.5) is 5.95 Å². The average Bonchev–Trinajstić information content (AvgIpc) is 2.73. The molecule has 0 radical (unpaired) electrons. The zero-order valence-corrected chi connectivity index (χ0v) is 16.4. The van der Waals surface area contributed by atoms with E-state index in [0.717, 1.165) is 30.8 Å². The molecule has 0 saturated heterocycles. The van der Waals surface area contributed by atoms with Crippen molar-refractivity contribution in [2.75, 3.05) is 38.8 Å². The number of methoxy groups -OCH3 is 2. The van der Waals surface area contributed by atoms with Crippen LogP contribution in [-0.4, -0.2) is 54.6 Å². The van der Waals surface area contributed by atoms with Crippen molar-refractivity contribution < 1.29 is 14.3 Å². The molecule has 7 nitrogen and oxygen atoms in total. The van der Waals surface area contributed by atoms with E-state index < -0.39 is 0 Å². The number of hydrogen-bond acceptors (Lipinski definition) is 6. The van der Waals surface area contributed by atoms with Crippen LogP contribution in [0.3, 0.4) is 0 Å². The lowest BCUT2D eigenvalue weighted by Gasteiger charge is -2.29. The Kier molecular flexibility index (Phi) is 5.78. The minimum atomic E-state index is -0.0541. The van der Waals surface area contributed by atoms with E-state index in [1.54, 1.807) is 26.6 Å². The summed E-state index contributed by atoms with van der Waals surface area (Å²) in [6.45, 7) is 6.96. The first-order valence-corrected chi connectivity index (χ1v) is 9.21. The third-order valence-electron chi connectivity index (χ3n) is 4.94. The topological polar surface area (TPSA) is 67.8 Å². The smallest absolute Gasteiger partial charge is 0.257 e. The van der Waals surface area contributed by atoms with Gasteiger partial charge in [0.05, 0.1) is 19.8 Å². The number of nitrogens with zero attached hydrogens (tertiary/aromatic N) is 4. The number of benzene rings is 1. The Morgan fingerprint density at radius 2 is 1.67 bits per heavy atom. The van der Waals surface area contributed by atoms with Crippen LogP contribution in [0.2, 0.25) is 0 Å². The molecular weight excluding hydrogens is 344 g/mol. The summed E-state index contributed by atoms with van der Waals surface area (Å²) in [6.07, 6.45) is 4.01. The van der Waals surface area contributed by atoms with Gasteiger partial charge < -0.3 is 19.3 Å². The molecule has 1 amide bonds. The Labute approximate surface area is 159 Å². The summed E-state index contributed by atoms with van der Waals surface area (Å²) < 4.78 is 10.8. The molecular formula is C20H26N4O3. The monoisotopic (exact) mass is 370 g/mol. The van der Waals surface area contributed by atoms with Crippen LogP contribution in [0.5, 0.6) is 11.5 Å². The van der Waals surface area contributed by atoms with Crippen LogP contribution in [0.15, 0.2) is 24.5 Å². The summed E-state index contributed by atoms with van der Waals surface area (Å²) in [5.74, 6) is 1.99. The van der Waals surface area contributed by atoms with Crippen LogP contribution in [0.25, 0.3) is 0 Å². The van der Waals surface area contributed by atoms with Crippen molar-refractivity contribution in [1.82, 2.24) is 14.9 Å². The highest BCUT2D eigenvalue weighted by molar-refractivity contribution is 5.93. The van der Waals surface area contributed by atoms with Gasteiger partial charge in [-0.05, 0) is 43.5 Å². The lowest BCUT2D eigenvalue weighted by Crippen LogP contribution is -2.36. The van der Waals surface area contributed by atoms with E-state index in [-0.39, 0.29) is 5.91 Å². The molecule has 0 fully saturated rings. The maximum atomic E-state index is 12.9.